The Bertz CT molecular complexity index is 1590. The number of carbonyl (C=O) groups excluding carboxylic acids is 1. The van der Waals surface area contributed by atoms with E-state index >= 15 is 0 Å². The van der Waals surface area contributed by atoms with Gasteiger partial charge < -0.3 is 25.1 Å². The van der Waals surface area contributed by atoms with Crippen molar-refractivity contribution in [2.24, 2.45) is 0 Å². The number of piperidine rings is 2. The second-order valence-corrected chi connectivity index (χ2v) is 12.7. The number of anilines is 3. The largest absolute Gasteiger partial charge is 0.385 e. The van der Waals surface area contributed by atoms with Gasteiger partial charge in [-0.1, -0.05) is 23.7 Å². The van der Waals surface area contributed by atoms with Crippen molar-refractivity contribution in [2.45, 2.75) is 56.2 Å². The number of pyridine rings is 1. The number of aromatic nitrogens is 3. The van der Waals surface area contributed by atoms with Gasteiger partial charge >= 0.3 is 0 Å². The Hall–Kier alpha value is -3.66. The second-order valence-electron chi connectivity index (χ2n) is 12.3. The zero-order chi connectivity index (χ0) is 29.6. The van der Waals surface area contributed by atoms with Gasteiger partial charge in [-0.3, -0.25) is 4.79 Å². The third kappa shape index (κ3) is 5.81. The molecule has 4 heterocycles. The van der Waals surface area contributed by atoms with Crippen LogP contribution in [-0.2, 0) is 5.60 Å². The van der Waals surface area contributed by atoms with Gasteiger partial charge in [-0.15, -0.1) is 5.10 Å². The van der Waals surface area contributed by atoms with Gasteiger partial charge in [0.25, 0.3) is 5.91 Å². The zero-order valence-corrected chi connectivity index (χ0v) is 25.2. The first-order chi connectivity index (χ1) is 20.9. The molecular weight excluding hydrogens is 562 g/mol. The van der Waals surface area contributed by atoms with Crippen molar-refractivity contribution >= 4 is 40.5 Å². The molecule has 0 atom stereocenters. The van der Waals surface area contributed by atoms with Gasteiger partial charge in [0.15, 0.2) is 5.65 Å². The number of halogens is 1. The Balaban J connectivity index is 1.03. The number of carbonyl (C=O) groups is 1. The number of hydrogen-bond donors (Lipinski definition) is 2. The summed E-state index contributed by atoms with van der Waals surface area (Å²) in [7, 11) is 2.15. The molecule has 2 aliphatic heterocycles. The topological polar surface area (TPSA) is 89.2 Å². The third-order valence-electron chi connectivity index (χ3n) is 9.30. The van der Waals surface area contributed by atoms with Crippen LogP contribution >= 0.6 is 11.6 Å². The number of likely N-dealkylation sites (tertiary alicyclic amines) is 1. The molecule has 43 heavy (non-hydrogen) atoms. The van der Waals surface area contributed by atoms with E-state index in [2.05, 4.69) is 38.2 Å². The van der Waals surface area contributed by atoms with E-state index in [1.165, 1.54) is 0 Å². The van der Waals surface area contributed by atoms with E-state index in [0.29, 0.717) is 49.0 Å². The average molecular weight is 600 g/mol. The maximum absolute atomic E-state index is 13.6. The van der Waals surface area contributed by atoms with Crippen molar-refractivity contribution in [3.05, 3.63) is 83.0 Å². The van der Waals surface area contributed by atoms with E-state index in [4.69, 9.17) is 16.6 Å². The first kappa shape index (κ1) is 28.1. The molecule has 0 radical (unpaired) electrons. The Kier molecular flexibility index (Phi) is 7.49. The van der Waals surface area contributed by atoms with E-state index in [1.54, 1.807) is 4.52 Å². The third-order valence-corrected chi connectivity index (χ3v) is 9.55. The molecule has 224 valence electrons. The molecule has 1 aliphatic carbocycles. The molecule has 2 N–H and O–H groups in total. The quantitative estimate of drug-likeness (QED) is 0.297. The first-order valence-corrected chi connectivity index (χ1v) is 15.7. The number of hydrogen-bond acceptors (Lipinski definition) is 7. The predicted molar refractivity (Wildman–Crippen MR) is 169 cm³/mol. The number of rotatable bonds is 7. The zero-order valence-electron chi connectivity index (χ0n) is 24.5. The molecular formula is C33H38ClN7O2. The summed E-state index contributed by atoms with van der Waals surface area (Å²) in [6.07, 6.45) is 7.41. The highest BCUT2D eigenvalue weighted by atomic mass is 35.5. The van der Waals surface area contributed by atoms with Crippen molar-refractivity contribution in [3.8, 4) is 0 Å². The minimum atomic E-state index is -0.872. The summed E-state index contributed by atoms with van der Waals surface area (Å²) in [5.74, 6) is 0.635. The van der Waals surface area contributed by atoms with Crippen LogP contribution in [0.5, 0.6) is 0 Å². The fourth-order valence-corrected chi connectivity index (χ4v) is 6.71. The highest BCUT2D eigenvalue weighted by Gasteiger charge is 2.39. The van der Waals surface area contributed by atoms with Crippen LogP contribution in [0.25, 0.3) is 5.65 Å². The molecule has 1 amide bonds. The lowest BCUT2D eigenvalue weighted by molar-refractivity contribution is 0.0118. The normalized spacial score (nSPS) is 19.5. The average Bonchev–Trinajstić information content (AvgIpc) is 3.77. The monoisotopic (exact) mass is 599 g/mol. The van der Waals surface area contributed by atoms with Crippen LogP contribution in [0.15, 0.2) is 66.9 Å². The molecule has 9 nitrogen and oxygen atoms in total. The molecule has 1 saturated carbocycles. The molecule has 0 bridgehead atoms. The number of aliphatic hydroxyl groups is 1. The van der Waals surface area contributed by atoms with Crippen LogP contribution in [-0.4, -0.2) is 80.7 Å². The van der Waals surface area contributed by atoms with E-state index in [0.717, 1.165) is 66.9 Å². The van der Waals surface area contributed by atoms with Crippen molar-refractivity contribution in [2.75, 3.05) is 43.4 Å². The predicted octanol–water partition coefficient (Wildman–Crippen LogP) is 5.31. The number of fused-ring (bicyclic) bond motifs is 1. The molecule has 3 fully saturated rings. The van der Waals surface area contributed by atoms with Gasteiger partial charge in [-0.25, -0.2) is 4.52 Å². The molecule has 0 unspecified atom stereocenters. The molecule has 0 spiro atoms. The number of nitrogens with zero attached hydrogens (tertiary/aromatic N) is 6. The van der Waals surface area contributed by atoms with E-state index in [-0.39, 0.29) is 5.91 Å². The molecule has 3 aliphatic rings. The van der Waals surface area contributed by atoms with Gasteiger partial charge in [0.05, 0.1) is 11.3 Å². The summed E-state index contributed by atoms with van der Waals surface area (Å²) >= 11 is 6.05. The Morgan fingerprint density at radius 1 is 0.953 bits per heavy atom. The molecule has 4 aromatic rings. The fourth-order valence-electron chi connectivity index (χ4n) is 6.59. The number of amides is 1. The van der Waals surface area contributed by atoms with Crippen LogP contribution in [0, 0.1) is 0 Å². The molecule has 2 aromatic carbocycles. The Morgan fingerprint density at radius 2 is 1.63 bits per heavy atom. The SMILES string of the molecule is CN1CCC(N(C(=O)c2ccc(Nc3nc4c(N5CCC(O)(c6ccc(Cl)cc6)CC5)cccn4n3)cc2)C2CC2)CC1. The van der Waals surface area contributed by atoms with Crippen molar-refractivity contribution < 1.29 is 9.90 Å². The number of benzene rings is 2. The van der Waals surface area contributed by atoms with Crippen LogP contribution in [0.3, 0.4) is 0 Å². The molecule has 7 rings (SSSR count). The van der Waals surface area contributed by atoms with Gasteiger partial charge in [0.2, 0.25) is 5.95 Å². The van der Waals surface area contributed by atoms with Gasteiger partial charge in [-0.05, 0) is 113 Å². The van der Waals surface area contributed by atoms with Crippen LogP contribution in [0.2, 0.25) is 5.02 Å². The van der Waals surface area contributed by atoms with Crippen molar-refractivity contribution in [1.29, 1.82) is 0 Å². The minimum Gasteiger partial charge on any atom is -0.385 e. The standard InChI is InChI=1S/C33H38ClN7O2/c1-38-19-14-28(15-20-38)41(27-12-13-27)31(42)23-4-10-26(11-5-23)35-32-36-30-29(3-2-18-40(30)37-32)39-21-16-33(43,17-22-39)24-6-8-25(34)9-7-24/h2-11,18,27-28,43H,12-17,19-22H2,1H3,(H,35,37). The Morgan fingerprint density at radius 3 is 2.30 bits per heavy atom. The van der Waals surface area contributed by atoms with Gasteiger partial charge in [-0.2, -0.15) is 4.98 Å². The summed E-state index contributed by atoms with van der Waals surface area (Å²) in [4.78, 5) is 25.1. The molecule has 2 aromatic heterocycles. The highest BCUT2D eigenvalue weighted by Crippen LogP contribution is 2.36. The first-order valence-electron chi connectivity index (χ1n) is 15.3. The summed E-state index contributed by atoms with van der Waals surface area (Å²) in [5, 5.41) is 20.0. The maximum atomic E-state index is 13.6. The number of nitrogens with one attached hydrogen (secondary N) is 1. The summed E-state index contributed by atoms with van der Waals surface area (Å²) in [5.41, 5.74) is 3.33. The summed E-state index contributed by atoms with van der Waals surface area (Å²) < 4.78 is 1.78. The Labute approximate surface area is 257 Å². The minimum absolute atomic E-state index is 0.142. The summed E-state index contributed by atoms with van der Waals surface area (Å²) in [6, 6.07) is 19.9. The highest BCUT2D eigenvalue weighted by molar-refractivity contribution is 6.30. The smallest absolute Gasteiger partial charge is 0.254 e. The lowest BCUT2D eigenvalue weighted by Crippen LogP contribution is -2.47. The van der Waals surface area contributed by atoms with Crippen molar-refractivity contribution in [1.82, 2.24) is 24.4 Å². The van der Waals surface area contributed by atoms with Crippen LogP contribution in [0.1, 0.15) is 54.4 Å². The van der Waals surface area contributed by atoms with Gasteiger partial charge in [0, 0.05) is 47.6 Å². The summed E-state index contributed by atoms with van der Waals surface area (Å²) in [6.45, 7) is 3.47. The molecule has 2 saturated heterocycles. The van der Waals surface area contributed by atoms with E-state index in [9.17, 15) is 9.90 Å². The lowest BCUT2D eigenvalue weighted by atomic mass is 9.84. The van der Waals surface area contributed by atoms with Crippen molar-refractivity contribution in [3.63, 3.8) is 0 Å². The van der Waals surface area contributed by atoms with Gasteiger partial charge in [0.1, 0.15) is 0 Å². The maximum Gasteiger partial charge on any atom is 0.254 e. The van der Waals surface area contributed by atoms with Crippen LogP contribution < -0.4 is 10.2 Å². The van der Waals surface area contributed by atoms with E-state index in [1.807, 2.05) is 60.8 Å². The van der Waals surface area contributed by atoms with Crippen LogP contribution in [0.4, 0.5) is 17.3 Å². The molecule has 10 heteroatoms. The fraction of sp³-hybridized carbons (Fsp3) is 0.424. The second kappa shape index (κ2) is 11.4. The lowest BCUT2D eigenvalue weighted by Gasteiger charge is -2.39. The van der Waals surface area contributed by atoms with E-state index < -0.39 is 5.60 Å².